The van der Waals surface area contributed by atoms with Gasteiger partial charge in [-0.1, -0.05) is 23.7 Å². The van der Waals surface area contributed by atoms with E-state index in [0.29, 0.717) is 22.0 Å². The fourth-order valence-electron chi connectivity index (χ4n) is 4.31. The average Bonchev–Trinajstić information content (AvgIpc) is 2.92. The molecule has 1 aliphatic rings. The summed E-state index contributed by atoms with van der Waals surface area (Å²) in [6.45, 7) is 5.60. The largest absolute Gasteiger partial charge is 0.497 e. The van der Waals surface area contributed by atoms with Crippen LogP contribution in [0.2, 0.25) is 5.02 Å². The Morgan fingerprint density at radius 2 is 1.80 bits per heavy atom. The van der Waals surface area contributed by atoms with Crippen molar-refractivity contribution < 1.29 is 14.6 Å². The number of ether oxygens (including phenoxy) is 1. The number of hydrogen-bond acceptors (Lipinski definition) is 4. The van der Waals surface area contributed by atoms with Crippen LogP contribution in [-0.2, 0) is 7.05 Å². The normalized spacial score (nSPS) is 14.9. The van der Waals surface area contributed by atoms with E-state index in [0.717, 1.165) is 22.3 Å². The number of fused-ring (bicyclic) bond motifs is 3. The van der Waals surface area contributed by atoms with E-state index in [4.69, 9.17) is 21.3 Å². The average molecular weight is 494 g/mol. The van der Waals surface area contributed by atoms with Gasteiger partial charge in [-0.25, -0.2) is 4.79 Å². The minimum atomic E-state index is -1.05. The summed E-state index contributed by atoms with van der Waals surface area (Å²) in [5.74, 6) is 0.664. The quantitative estimate of drug-likeness (QED) is 0.528. The Bertz CT molecular complexity index is 1370. The number of aliphatic imine (C=N–C) groups is 1. The second kappa shape index (κ2) is 9.23. The standard InChI is InChI=1S/C27H28ClN3O4/c1-27(2,3)31(26(33)34)15-23-20-13-24(32)30(4)14-22(20)19-11-10-18(35-5)12-21(19)25(29-23)16-6-8-17(28)9-7-16/h6-14,23H,15H2,1-5H3,(H,33,34). The molecule has 2 heterocycles. The van der Waals surface area contributed by atoms with E-state index in [1.807, 2.05) is 51.1 Å². The Labute approximate surface area is 209 Å². The van der Waals surface area contributed by atoms with Crippen LogP contribution >= 0.6 is 11.6 Å². The smallest absolute Gasteiger partial charge is 0.407 e. The molecule has 1 aromatic heterocycles. The first kappa shape index (κ1) is 24.5. The molecule has 3 aromatic rings. The molecule has 182 valence electrons. The van der Waals surface area contributed by atoms with Crippen LogP contribution in [-0.4, -0.2) is 45.6 Å². The summed E-state index contributed by atoms with van der Waals surface area (Å²) in [4.78, 5) is 31.4. The number of halogens is 1. The highest BCUT2D eigenvalue weighted by Crippen LogP contribution is 2.39. The van der Waals surface area contributed by atoms with E-state index < -0.39 is 17.7 Å². The van der Waals surface area contributed by atoms with Crippen LogP contribution in [0.5, 0.6) is 5.75 Å². The number of amides is 1. The molecule has 0 saturated carbocycles. The van der Waals surface area contributed by atoms with Crippen molar-refractivity contribution in [1.82, 2.24) is 9.47 Å². The predicted molar refractivity (Wildman–Crippen MR) is 138 cm³/mol. The van der Waals surface area contributed by atoms with E-state index in [-0.39, 0.29) is 12.1 Å². The molecule has 0 bridgehead atoms. The molecule has 1 unspecified atom stereocenters. The number of hydrogen-bond donors (Lipinski definition) is 1. The Hall–Kier alpha value is -3.58. The fourth-order valence-corrected chi connectivity index (χ4v) is 4.44. The van der Waals surface area contributed by atoms with Gasteiger partial charge >= 0.3 is 6.09 Å². The molecule has 1 aliphatic heterocycles. The summed E-state index contributed by atoms with van der Waals surface area (Å²) in [5.41, 5.74) is 3.85. The molecule has 4 rings (SSSR count). The summed E-state index contributed by atoms with van der Waals surface area (Å²) in [6.07, 6.45) is 0.743. The third kappa shape index (κ3) is 4.82. The highest BCUT2D eigenvalue weighted by Gasteiger charge is 2.33. The molecule has 1 N–H and O–H groups in total. The van der Waals surface area contributed by atoms with Crippen LogP contribution in [0.15, 0.2) is 64.5 Å². The fraction of sp³-hybridized carbons (Fsp3) is 0.296. The van der Waals surface area contributed by atoms with Gasteiger partial charge in [0.05, 0.1) is 25.4 Å². The van der Waals surface area contributed by atoms with E-state index in [9.17, 15) is 14.7 Å². The second-order valence-corrected chi connectivity index (χ2v) is 10.0. The Balaban J connectivity index is 2.04. The van der Waals surface area contributed by atoms with Gasteiger partial charge in [0.2, 0.25) is 0 Å². The number of benzene rings is 2. The van der Waals surface area contributed by atoms with Crippen LogP contribution in [0.25, 0.3) is 11.1 Å². The Morgan fingerprint density at radius 3 is 2.40 bits per heavy atom. The monoisotopic (exact) mass is 493 g/mol. The summed E-state index contributed by atoms with van der Waals surface area (Å²) in [6, 6.07) is 14.0. The minimum absolute atomic E-state index is 0.0845. The lowest BCUT2D eigenvalue weighted by atomic mass is 9.91. The van der Waals surface area contributed by atoms with Crippen LogP contribution in [0.4, 0.5) is 4.79 Å². The molecule has 8 heteroatoms. The van der Waals surface area contributed by atoms with Gasteiger partial charge in [-0.3, -0.25) is 9.79 Å². The summed E-state index contributed by atoms with van der Waals surface area (Å²) in [7, 11) is 3.30. The van der Waals surface area contributed by atoms with Crippen molar-refractivity contribution in [2.75, 3.05) is 13.7 Å². The predicted octanol–water partition coefficient (Wildman–Crippen LogP) is 5.38. The van der Waals surface area contributed by atoms with Gasteiger partial charge in [-0.15, -0.1) is 0 Å². The number of pyridine rings is 1. The number of carboxylic acid groups (broad SMARTS) is 1. The molecule has 0 aliphatic carbocycles. The number of carbonyl (C=O) groups is 1. The lowest BCUT2D eigenvalue weighted by Gasteiger charge is -2.35. The third-order valence-electron chi connectivity index (χ3n) is 6.19. The molecule has 1 atom stereocenters. The van der Waals surface area contributed by atoms with Gasteiger partial charge in [0, 0.05) is 46.6 Å². The van der Waals surface area contributed by atoms with Gasteiger partial charge in [0.25, 0.3) is 5.56 Å². The van der Waals surface area contributed by atoms with Crippen molar-refractivity contribution in [1.29, 1.82) is 0 Å². The van der Waals surface area contributed by atoms with Crippen molar-refractivity contribution in [3.63, 3.8) is 0 Å². The van der Waals surface area contributed by atoms with Crippen molar-refractivity contribution in [3.8, 4) is 16.9 Å². The van der Waals surface area contributed by atoms with E-state index in [1.165, 1.54) is 9.47 Å². The zero-order valence-electron chi connectivity index (χ0n) is 20.4. The third-order valence-corrected chi connectivity index (χ3v) is 6.44. The van der Waals surface area contributed by atoms with Crippen molar-refractivity contribution in [2.45, 2.75) is 32.4 Å². The highest BCUT2D eigenvalue weighted by atomic mass is 35.5. The van der Waals surface area contributed by atoms with Crippen LogP contribution < -0.4 is 10.3 Å². The van der Waals surface area contributed by atoms with Gasteiger partial charge < -0.3 is 19.3 Å². The van der Waals surface area contributed by atoms with Crippen molar-refractivity contribution in [3.05, 3.63) is 86.8 Å². The molecule has 0 radical (unpaired) electrons. The molecule has 1 amide bonds. The minimum Gasteiger partial charge on any atom is -0.497 e. The number of rotatable bonds is 4. The molecule has 7 nitrogen and oxygen atoms in total. The number of methoxy groups -OCH3 is 1. The maximum Gasteiger partial charge on any atom is 0.407 e. The maximum atomic E-state index is 12.7. The highest BCUT2D eigenvalue weighted by molar-refractivity contribution is 6.30. The van der Waals surface area contributed by atoms with Crippen LogP contribution in [0.3, 0.4) is 0 Å². The lowest BCUT2D eigenvalue weighted by Crippen LogP contribution is -2.47. The van der Waals surface area contributed by atoms with Gasteiger partial charge in [0.15, 0.2) is 0 Å². The molecule has 0 spiro atoms. The van der Waals surface area contributed by atoms with Gasteiger partial charge in [-0.2, -0.15) is 0 Å². The number of aromatic nitrogens is 1. The van der Waals surface area contributed by atoms with E-state index in [2.05, 4.69) is 0 Å². The maximum absolute atomic E-state index is 12.7. The summed E-state index contributed by atoms with van der Waals surface area (Å²) >= 11 is 6.15. The molecule has 0 fully saturated rings. The zero-order chi connectivity index (χ0) is 25.5. The van der Waals surface area contributed by atoms with Crippen LogP contribution in [0, 0.1) is 0 Å². The first-order valence-corrected chi connectivity index (χ1v) is 11.6. The summed E-state index contributed by atoms with van der Waals surface area (Å²) < 4.78 is 7.03. The Morgan fingerprint density at radius 1 is 1.11 bits per heavy atom. The molecular formula is C27H28ClN3O4. The first-order chi connectivity index (χ1) is 16.5. The number of aryl methyl sites for hydroxylation is 1. The van der Waals surface area contributed by atoms with Gasteiger partial charge in [0.1, 0.15) is 5.75 Å². The second-order valence-electron chi connectivity index (χ2n) is 9.57. The SMILES string of the molecule is COc1ccc2c(c1)C(c1ccc(Cl)cc1)=NC(CN(C(=O)O)C(C)(C)C)c1cc(=O)n(C)cc1-2. The molecule has 0 saturated heterocycles. The van der Waals surface area contributed by atoms with Crippen molar-refractivity contribution >= 4 is 23.4 Å². The zero-order valence-corrected chi connectivity index (χ0v) is 21.1. The lowest BCUT2D eigenvalue weighted by molar-refractivity contribution is 0.0963. The summed E-state index contributed by atoms with van der Waals surface area (Å²) in [5, 5.41) is 10.6. The van der Waals surface area contributed by atoms with Crippen LogP contribution in [0.1, 0.15) is 43.5 Å². The molecule has 2 aromatic carbocycles. The molecule has 35 heavy (non-hydrogen) atoms. The molecular weight excluding hydrogens is 466 g/mol. The Kier molecular flexibility index (Phi) is 6.47. The van der Waals surface area contributed by atoms with E-state index >= 15 is 0 Å². The first-order valence-electron chi connectivity index (χ1n) is 11.2. The van der Waals surface area contributed by atoms with E-state index in [1.54, 1.807) is 38.6 Å². The van der Waals surface area contributed by atoms with Crippen molar-refractivity contribution in [2.24, 2.45) is 12.0 Å². The van der Waals surface area contributed by atoms with Gasteiger partial charge in [-0.05, 0) is 62.2 Å². The number of nitrogens with zero attached hydrogens (tertiary/aromatic N) is 3. The topological polar surface area (TPSA) is 84.1 Å².